The predicted octanol–water partition coefficient (Wildman–Crippen LogP) is 1.55. The minimum absolute atomic E-state index is 0.0182. The summed E-state index contributed by atoms with van der Waals surface area (Å²) in [6, 6.07) is 3.62. The summed E-state index contributed by atoms with van der Waals surface area (Å²) in [5, 5.41) is 5.82. The van der Waals surface area contributed by atoms with Crippen LogP contribution in [0.3, 0.4) is 0 Å². The van der Waals surface area contributed by atoms with Gasteiger partial charge in [0.05, 0.1) is 24.3 Å². The smallest absolute Gasteiger partial charge is 0.340 e. The molecule has 0 unspecified atom stereocenters. The maximum Gasteiger partial charge on any atom is 0.340 e. The van der Waals surface area contributed by atoms with Crippen molar-refractivity contribution in [2.24, 2.45) is 5.92 Å². The van der Waals surface area contributed by atoms with E-state index >= 15 is 0 Å². The van der Waals surface area contributed by atoms with Gasteiger partial charge in [-0.2, -0.15) is 0 Å². The van der Waals surface area contributed by atoms with Crippen LogP contribution in [-0.2, 0) is 9.53 Å². The normalized spacial score (nSPS) is 18.4. The van der Waals surface area contributed by atoms with Gasteiger partial charge in [-0.15, -0.1) is 0 Å². The molecule has 1 atom stereocenters. The van der Waals surface area contributed by atoms with E-state index in [1.54, 1.807) is 0 Å². The Kier molecular flexibility index (Phi) is 4.68. The molecule has 0 aliphatic carbocycles. The van der Waals surface area contributed by atoms with Crippen LogP contribution >= 0.6 is 0 Å². The van der Waals surface area contributed by atoms with E-state index in [9.17, 15) is 14.0 Å². The highest BCUT2D eigenvalue weighted by Gasteiger charge is 2.23. The Morgan fingerprint density at radius 2 is 2.25 bits per heavy atom. The number of benzene rings is 1. The van der Waals surface area contributed by atoms with E-state index < -0.39 is 11.8 Å². The van der Waals surface area contributed by atoms with Crippen LogP contribution in [-0.4, -0.2) is 32.1 Å². The van der Waals surface area contributed by atoms with Crippen molar-refractivity contribution in [2.45, 2.75) is 12.8 Å². The van der Waals surface area contributed by atoms with E-state index in [1.807, 2.05) is 0 Å². The number of hydrogen-bond donors (Lipinski definition) is 2. The zero-order valence-electron chi connectivity index (χ0n) is 11.2. The molecule has 1 fully saturated rings. The largest absolute Gasteiger partial charge is 0.465 e. The molecule has 6 heteroatoms. The molecular weight excluding hydrogens is 263 g/mol. The predicted molar refractivity (Wildman–Crippen MR) is 72.0 cm³/mol. The van der Waals surface area contributed by atoms with Gasteiger partial charge in [0.1, 0.15) is 5.82 Å². The number of rotatable bonds is 3. The number of esters is 1. The third kappa shape index (κ3) is 3.33. The molecule has 1 heterocycles. The Labute approximate surface area is 116 Å². The molecule has 2 rings (SSSR count). The van der Waals surface area contributed by atoms with Crippen LogP contribution in [0.25, 0.3) is 0 Å². The number of amides is 1. The van der Waals surface area contributed by atoms with Crippen molar-refractivity contribution in [3.05, 3.63) is 29.6 Å². The van der Waals surface area contributed by atoms with E-state index in [2.05, 4.69) is 15.4 Å². The Balaban J connectivity index is 2.15. The van der Waals surface area contributed by atoms with Gasteiger partial charge in [0.15, 0.2) is 0 Å². The Morgan fingerprint density at radius 1 is 1.45 bits per heavy atom. The molecule has 0 saturated carbocycles. The number of carbonyl (C=O) groups is 2. The molecule has 1 aliphatic heterocycles. The van der Waals surface area contributed by atoms with Crippen LogP contribution in [0.5, 0.6) is 0 Å². The first-order chi connectivity index (χ1) is 9.61. The number of methoxy groups -OCH3 is 1. The fourth-order valence-corrected chi connectivity index (χ4v) is 2.21. The Morgan fingerprint density at radius 3 is 2.90 bits per heavy atom. The second-order valence-electron chi connectivity index (χ2n) is 4.71. The maximum atomic E-state index is 13.2. The van der Waals surface area contributed by atoms with Crippen molar-refractivity contribution in [3.63, 3.8) is 0 Å². The zero-order valence-corrected chi connectivity index (χ0v) is 11.2. The van der Waals surface area contributed by atoms with Crippen LogP contribution in [0.2, 0.25) is 0 Å². The van der Waals surface area contributed by atoms with Gasteiger partial charge in [-0.25, -0.2) is 9.18 Å². The lowest BCUT2D eigenvalue weighted by Crippen LogP contribution is -2.37. The van der Waals surface area contributed by atoms with E-state index in [0.717, 1.165) is 25.5 Å². The number of anilines is 1. The zero-order chi connectivity index (χ0) is 14.5. The Bertz CT molecular complexity index is 513. The molecule has 5 nitrogen and oxygen atoms in total. The SMILES string of the molecule is COC(=O)c1cc(F)ccc1NC(=O)[C@@H]1CCCNC1. The molecule has 1 amide bonds. The summed E-state index contributed by atoms with van der Waals surface area (Å²) in [6.45, 7) is 1.52. The van der Waals surface area contributed by atoms with Crippen LogP contribution < -0.4 is 10.6 Å². The third-order valence-corrected chi connectivity index (χ3v) is 3.31. The molecule has 1 aromatic rings. The summed E-state index contributed by atoms with van der Waals surface area (Å²) in [6.07, 6.45) is 1.74. The Hall–Kier alpha value is -1.95. The van der Waals surface area contributed by atoms with Crippen molar-refractivity contribution in [1.29, 1.82) is 0 Å². The topological polar surface area (TPSA) is 67.4 Å². The van der Waals surface area contributed by atoms with Gasteiger partial charge in [-0.05, 0) is 37.6 Å². The van der Waals surface area contributed by atoms with Gasteiger partial charge < -0.3 is 15.4 Å². The standard InChI is InChI=1S/C14H17FN2O3/c1-20-14(19)11-7-10(15)4-5-12(11)17-13(18)9-3-2-6-16-8-9/h4-5,7,9,16H,2-3,6,8H2,1H3,(H,17,18)/t9-/m1/s1. The molecule has 1 aliphatic rings. The molecule has 0 radical (unpaired) electrons. The van der Waals surface area contributed by atoms with E-state index in [1.165, 1.54) is 19.2 Å². The molecular formula is C14H17FN2O3. The van der Waals surface area contributed by atoms with Crippen LogP contribution in [0.15, 0.2) is 18.2 Å². The number of carbonyl (C=O) groups excluding carboxylic acids is 2. The van der Waals surface area contributed by atoms with E-state index in [-0.39, 0.29) is 23.1 Å². The van der Waals surface area contributed by atoms with Crippen molar-refractivity contribution in [3.8, 4) is 0 Å². The first kappa shape index (κ1) is 14.5. The van der Waals surface area contributed by atoms with Gasteiger partial charge >= 0.3 is 5.97 Å². The molecule has 0 spiro atoms. The van der Waals surface area contributed by atoms with Crippen molar-refractivity contribution in [2.75, 3.05) is 25.5 Å². The summed E-state index contributed by atoms with van der Waals surface area (Å²) in [5.41, 5.74) is 0.290. The lowest BCUT2D eigenvalue weighted by molar-refractivity contribution is -0.120. The first-order valence-electron chi connectivity index (χ1n) is 6.51. The molecule has 108 valence electrons. The van der Waals surface area contributed by atoms with Gasteiger partial charge in [0.25, 0.3) is 0 Å². The fraction of sp³-hybridized carbons (Fsp3) is 0.429. The van der Waals surface area contributed by atoms with Gasteiger partial charge in [-0.1, -0.05) is 0 Å². The van der Waals surface area contributed by atoms with Crippen molar-refractivity contribution >= 4 is 17.6 Å². The molecule has 1 saturated heterocycles. The molecule has 0 aromatic heterocycles. The van der Waals surface area contributed by atoms with Crippen LogP contribution in [0.1, 0.15) is 23.2 Å². The van der Waals surface area contributed by atoms with Crippen molar-refractivity contribution in [1.82, 2.24) is 5.32 Å². The van der Waals surface area contributed by atoms with Crippen molar-refractivity contribution < 1.29 is 18.7 Å². The minimum Gasteiger partial charge on any atom is -0.465 e. The maximum absolute atomic E-state index is 13.2. The summed E-state index contributed by atoms with van der Waals surface area (Å²) in [4.78, 5) is 23.7. The lowest BCUT2D eigenvalue weighted by atomic mass is 9.98. The van der Waals surface area contributed by atoms with Gasteiger partial charge in [0, 0.05) is 6.54 Å². The summed E-state index contributed by atoms with van der Waals surface area (Å²) in [7, 11) is 1.21. The fourth-order valence-electron chi connectivity index (χ4n) is 2.21. The molecule has 1 aromatic carbocycles. The first-order valence-corrected chi connectivity index (χ1v) is 6.51. The third-order valence-electron chi connectivity index (χ3n) is 3.31. The van der Waals surface area contributed by atoms with Crippen LogP contribution in [0, 0.1) is 11.7 Å². The molecule has 0 bridgehead atoms. The highest BCUT2D eigenvalue weighted by molar-refractivity contribution is 6.01. The average molecular weight is 280 g/mol. The summed E-state index contributed by atoms with van der Waals surface area (Å²) >= 11 is 0. The lowest BCUT2D eigenvalue weighted by Gasteiger charge is -2.22. The van der Waals surface area contributed by atoms with Gasteiger partial charge in [0.2, 0.25) is 5.91 Å². The number of ether oxygens (including phenoxy) is 1. The van der Waals surface area contributed by atoms with E-state index in [4.69, 9.17) is 0 Å². The summed E-state index contributed by atoms with van der Waals surface area (Å²) < 4.78 is 17.8. The molecule has 2 N–H and O–H groups in total. The van der Waals surface area contributed by atoms with Gasteiger partial charge in [-0.3, -0.25) is 4.79 Å². The number of hydrogen-bond acceptors (Lipinski definition) is 4. The highest BCUT2D eigenvalue weighted by atomic mass is 19.1. The highest BCUT2D eigenvalue weighted by Crippen LogP contribution is 2.20. The second-order valence-corrected chi connectivity index (χ2v) is 4.71. The van der Waals surface area contributed by atoms with Crippen LogP contribution in [0.4, 0.5) is 10.1 Å². The average Bonchev–Trinajstić information content (AvgIpc) is 2.49. The monoisotopic (exact) mass is 280 g/mol. The summed E-state index contributed by atoms with van der Waals surface area (Å²) in [5.74, 6) is -1.54. The number of piperidine rings is 1. The second kappa shape index (κ2) is 6.47. The number of nitrogens with one attached hydrogen (secondary N) is 2. The quantitative estimate of drug-likeness (QED) is 0.824. The minimum atomic E-state index is -0.679. The van der Waals surface area contributed by atoms with E-state index in [0.29, 0.717) is 6.54 Å². The molecule has 20 heavy (non-hydrogen) atoms. The number of halogens is 1.